The van der Waals surface area contributed by atoms with Crippen LogP contribution in [0.25, 0.3) is 17.0 Å². The van der Waals surface area contributed by atoms with E-state index in [1.54, 1.807) is 61.7 Å². The number of methoxy groups -OCH3 is 1. The number of amides is 1. The third-order valence-electron chi connectivity index (χ3n) is 5.01. The lowest BCUT2D eigenvalue weighted by Crippen LogP contribution is -2.16. The van der Waals surface area contributed by atoms with E-state index in [0.717, 1.165) is 5.56 Å². The number of aromatic amines is 1. The summed E-state index contributed by atoms with van der Waals surface area (Å²) in [5, 5.41) is 3.49. The molecule has 0 spiro atoms. The molecule has 0 bridgehead atoms. The van der Waals surface area contributed by atoms with Gasteiger partial charge in [0.1, 0.15) is 18.2 Å². The highest BCUT2D eigenvalue weighted by Gasteiger charge is 2.15. The molecule has 4 aromatic rings. The summed E-state index contributed by atoms with van der Waals surface area (Å²) in [6.45, 7) is -0.268. The van der Waals surface area contributed by atoms with Gasteiger partial charge in [0.15, 0.2) is 0 Å². The van der Waals surface area contributed by atoms with Gasteiger partial charge in [-0.25, -0.2) is 9.78 Å². The number of para-hydroxylation sites is 1. The molecule has 0 aliphatic rings. The van der Waals surface area contributed by atoms with Crippen LogP contribution in [-0.4, -0.2) is 29.0 Å². The second kappa shape index (κ2) is 10.7. The molecule has 2 N–H and O–H groups in total. The van der Waals surface area contributed by atoms with Crippen LogP contribution >= 0.6 is 11.6 Å². The third kappa shape index (κ3) is 5.93. The van der Waals surface area contributed by atoms with E-state index < -0.39 is 11.9 Å². The van der Waals surface area contributed by atoms with E-state index in [4.69, 9.17) is 21.1 Å². The number of hydrogen-bond acceptors (Lipinski definition) is 6. The molecule has 35 heavy (non-hydrogen) atoms. The quantitative estimate of drug-likeness (QED) is 0.290. The highest BCUT2D eigenvalue weighted by atomic mass is 35.5. The largest absolute Gasteiger partial charge is 0.497 e. The van der Waals surface area contributed by atoms with E-state index in [1.807, 2.05) is 12.1 Å². The molecule has 0 aliphatic heterocycles. The lowest BCUT2D eigenvalue weighted by molar-refractivity contribution is -0.111. The molecule has 0 saturated carbocycles. The molecule has 0 atom stereocenters. The Morgan fingerprint density at radius 2 is 1.86 bits per heavy atom. The zero-order valence-corrected chi connectivity index (χ0v) is 19.3. The van der Waals surface area contributed by atoms with Crippen LogP contribution in [0.4, 0.5) is 5.69 Å². The van der Waals surface area contributed by atoms with E-state index in [-0.39, 0.29) is 29.2 Å². The first-order valence-electron chi connectivity index (χ1n) is 10.5. The molecule has 3 aromatic carbocycles. The fourth-order valence-electron chi connectivity index (χ4n) is 3.27. The van der Waals surface area contributed by atoms with Crippen molar-refractivity contribution in [2.75, 3.05) is 12.4 Å². The zero-order valence-electron chi connectivity index (χ0n) is 18.6. The van der Waals surface area contributed by atoms with Gasteiger partial charge in [-0.15, -0.1) is 0 Å². The van der Waals surface area contributed by atoms with Gasteiger partial charge in [0, 0.05) is 11.1 Å². The molecule has 176 valence electrons. The molecule has 4 rings (SSSR count). The summed E-state index contributed by atoms with van der Waals surface area (Å²) in [6.07, 6.45) is 3.00. The molecule has 1 aromatic heterocycles. The normalized spacial score (nSPS) is 10.9. The van der Waals surface area contributed by atoms with Crippen molar-refractivity contribution in [3.8, 4) is 5.75 Å². The van der Waals surface area contributed by atoms with Gasteiger partial charge in [-0.1, -0.05) is 35.9 Å². The molecule has 0 aliphatic carbocycles. The topological polar surface area (TPSA) is 110 Å². The van der Waals surface area contributed by atoms with Crippen LogP contribution < -0.4 is 15.6 Å². The molecular formula is C26H20ClN3O5. The van der Waals surface area contributed by atoms with Crippen molar-refractivity contribution < 1.29 is 19.1 Å². The van der Waals surface area contributed by atoms with Crippen LogP contribution in [0.3, 0.4) is 0 Å². The molecule has 9 heteroatoms. The molecule has 0 radical (unpaired) electrons. The standard InChI is InChI=1S/C26H20ClN3O5/c1-34-18-10-6-16(7-11-18)8-13-24(31)29-21-5-3-2-4-20(21)26(33)35-15-23-28-22-14-17(27)9-12-19(22)25(32)30-23/h2-14H,15H2,1H3,(H,29,31)(H,28,30,32)/b13-8+. The monoisotopic (exact) mass is 489 g/mol. The van der Waals surface area contributed by atoms with Gasteiger partial charge in [0.2, 0.25) is 5.91 Å². The van der Waals surface area contributed by atoms with Crippen LogP contribution in [0.2, 0.25) is 5.02 Å². The van der Waals surface area contributed by atoms with Crippen molar-refractivity contribution in [2.24, 2.45) is 0 Å². The Morgan fingerprint density at radius 3 is 2.63 bits per heavy atom. The maximum absolute atomic E-state index is 12.7. The van der Waals surface area contributed by atoms with Crippen molar-refractivity contribution >= 4 is 46.1 Å². The summed E-state index contributed by atoms with van der Waals surface area (Å²) in [5.41, 5.74) is 1.28. The number of fused-ring (bicyclic) bond motifs is 1. The SMILES string of the molecule is COc1ccc(/C=C/C(=O)Nc2ccccc2C(=O)OCc2nc3cc(Cl)ccc3c(=O)[nH]2)cc1. The number of anilines is 1. The first-order valence-corrected chi connectivity index (χ1v) is 10.9. The lowest BCUT2D eigenvalue weighted by Gasteiger charge is -2.10. The van der Waals surface area contributed by atoms with Crippen LogP contribution in [0, 0.1) is 0 Å². The fraction of sp³-hybridized carbons (Fsp3) is 0.0769. The molecule has 0 unspecified atom stereocenters. The smallest absolute Gasteiger partial charge is 0.340 e. The summed E-state index contributed by atoms with van der Waals surface area (Å²) in [4.78, 5) is 44.3. The Labute approximate surface area is 205 Å². The van der Waals surface area contributed by atoms with Gasteiger partial charge in [0.05, 0.1) is 29.3 Å². The van der Waals surface area contributed by atoms with E-state index >= 15 is 0 Å². The number of aromatic nitrogens is 2. The van der Waals surface area contributed by atoms with Gasteiger partial charge in [-0.2, -0.15) is 0 Å². The average Bonchev–Trinajstić information content (AvgIpc) is 2.86. The predicted octanol–water partition coefficient (Wildman–Crippen LogP) is 4.59. The minimum atomic E-state index is -0.686. The number of carbonyl (C=O) groups is 2. The van der Waals surface area contributed by atoms with Gasteiger partial charge >= 0.3 is 5.97 Å². The van der Waals surface area contributed by atoms with Crippen molar-refractivity contribution in [1.82, 2.24) is 9.97 Å². The van der Waals surface area contributed by atoms with Crippen LogP contribution in [0.5, 0.6) is 5.75 Å². The number of ether oxygens (including phenoxy) is 2. The summed E-state index contributed by atoms with van der Waals surface area (Å²) in [6, 6.07) is 18.4. The number of H-pyrrole nitrogens is 1. The van der Waals surface area contributed by atoms with E-state index in [0.29, 0.717) is 21.7 Å². The van der Waals surface area contributed by atoms with Crippen LogP contribution in [0.15, 0.2) is 77.6 Å². The van der Waals surface area contributed by atoms with Crippen molar-refractivity contribution in [3.05, 3.63) is 105 Å². The second-order valence-electron chi connectivity index (χ2n) is 7.39. The Balaban J connectivity index is 1.44. The number of esters is 1. The maximum atomic E-state index is 12.7. The fourth-order valence-corrected chi connectivity index (χ4v) is 3.44. The van der Waals surface area contributed by atoms with Crippen molar-refractivity contribution in [2.45, 2.75) is 6.61 Å². The lowest BCUT2D eigenvalue weighted by atomic mass is 10.1. The molecule has 1 amide bonds. The second-order valence-corrected chi connectivity index (χ2v) is 7.83. The van der Waals surface area contributed by atoms with Gasteiger partial charge in [0.25, 0.3) is 5.56 Å². The van der Waals surface area contributed by atoms with Crippen LogP contribution in [-0.2, 0) is 16.1 Å². The maximum Gasteiger partial charge on any atom is 0.340 e. The van der Waals surface area contributed by atoms with E-state index in [9.17, 15) is 14.4 Å². The van der Waals surface area contributed by atoms with Gasteiger partial charge in [-0.05, 0) is 54.1 Å². The summed E-state index contributed by atoms with van der Waals surface area (Å²) < 4.78 is 10.4. The van der Waals surface area contributed by atoms with E-state index in [2.05, 4.69) is 15.3 Å². The highest BCUT2D eigenvalue weighted by Crippen LogP contribution is 2.18. The van der Waals surface area contributed by atoms with Gasteiger partial charge < -0.3 is 19.8 Å². The van der Waals surface area contributed by atoms with E-state index in [1.165, 1.54) is 12.1 Å². The molecule has 1 heterocycles. The Bertz CT molecular complexity index is 1480. The Kier molecular flexibility index (Phi) is 7.23. The van der Waals surface area contributed by atoms with Crippen molar-refractivity contribution in [1.29, 1.82) is 0 Å². The van der Waals surface area contributed by atoms with Crippen molar-refractivity contribution in [3.63, 3.8) is 0 Å². The summed E-state index contributed by atoms with van der Waals surface area (Å²) in [5.74, 6) is -0.222. The molecular weight excluding hydrogens is 470 g/mol. The number of nitrogens with zero attached hydrogens (tertiary/aromatic N) is 1. The number of halogens is 1. The average molecular weight is 490 g/mol. The minimum Gasteiger partial charge on any atom is -0.497 e. The molecule has 8 nitrogen and oxygen atoms in total. The Hall–Kier alpha value is -4.43. The zero-order chi connectivity index (χ0) is 24.8. The highest BCUT2D eigenvalue weighted by molar-refractivity contribution is 6.31. The molecule has 0 fully saturated rings. The predicted molar refractivity (Wildman–Crippen MR) is 134 cm³/mol. The minimum absolute atomic E-state index is 0.157. The number of hydrogen-bond donors (Lipinski definition) is 2. The van der Waals surface area contributed by atoms with Gasteiger partial charge in [-0.3, -0.25) is 9.59 Å². The Morgan fingerprint density at radius 1 is 1.09 bits per heavy atom. The number of rotatable bonds is 7. The summed E-state index contributed by atoms with van der Waals surface area (Å²) in [7, 11) is 1.58. The van der Waals surface area contributed by atoms with Crippen LogP contribution in [0.1, 0.15) is 21.7 Å². The first-order chi connectivity index (χ1) is 16.9. The first kappa shape index (κ1) is 23.7. The number of benzene rings is 3. The third-order valence-corrected chi connectivity index (χ3v) is 5.24. The number of nitrogens with one attached hydrogen (secondary N) is 2. The summed E-state index contributed by atoms with van der Waals surface area (Å²) >= 11 is 5.98. The molecule has 0 saturated heterocycles. The number of carbonyl (C=O) groups excluding carboxylic acids is 2.